The maximum atomic E-state index is 11.4. The van der Waals surface area contributed by atoms with Gasteiger partial charge in [0.15, 0.2) is 5.69 Å². The third kappa shape index (κ3) is 3.58. The molecule has 1 heterocycles. The van der Waals surface area contributed by atoms with Gasteiger partial charge in [-0.3, -0.25) is 5.32 Å². The van der Waals surface area contributed by atoms with E-state index >= 15 is 0 Å². The zero-order chi connectivity index (χ0) is 12.2. The number of hydrogen-bond acceptors (Lipinski definition) is 4. The topological polar surface area (TPSA) is 75.0 Å². The van der Waals surface area contributed by atoms with Crippen LogP contribution in [0.5, 0.6) is 0 Å². The number of carbonyl (C=O) groups excluding carboxylic acids is 1. The monoisotopic (exact) mass is 219 g/mol. The Morgan fingerprint density at radius 2 is 2.25 bits per heavy atom. The van der Waals surface area contributed by atoms with Crippen molar-refractivity contribution in [2.24, 2.45) is 0 Å². The molecule has 5 heteroatoms. The highest BCUT2D eigenvalue weighted by molar-refractivity contribution is 5.86. The third-order valence-electron chi connectivity index (χ3n) is 1.55. The Morgan fingerprint density at radius 3 is 2.81 bits per heavy atom. The molecule has 1 rings (SSSR count). The number of rotatable bonds is 1. The molecule has 0 radical (unpaired) electrons. The van der Waals surface area contributed by atoms with Gasteiger partial charge in [-0.25, -0.2) is 9.78 Å². The van der Waals surface area contributed by atoms with E-state index in [4.69, 9.17) is 10.00 Å². The summed E-state index contributed by atoms with van der Waals surface area (Å²) in [6.07, 6.45) is 0.885. The SMILES string of the molecule is CC(C)(C)OC(=O)Nc1cccnc1C#N. The number of aromatic nitrogens is 1. The molecule has 0 atom stereocenters. The summed E-state index contributed by atoms with van der Waals surface area (Å²) in [5.74, 6) is 0. The van der Waals surface area contributed by atoms with Gasteiger partial charge < -0.3 is 4.74 Å². The normalized spacial score (nSPS) is 10.4. The van der Waals surface area contributed by atoms with Crippen LogP contribution in [0.3, 0.4) is 0 Å². The predicted molar refractivity (Wildman–Crippen MR) is 58.8 cm³/mol. The number of anilines is 1. The van der Waals surface area contributed by atoms with Crippen molar-refractivity contribution in [1.82, 2.24) is 4.98 Å². The first-order chi connectivity index (χ1) is 7.42. The van der Waals surface area contributed by atoms with Crippen LogP contribution in [-0.4, -0.2) is 16.7 Å². The largest absolute Gasteiger partial charge is 0.444 e. The van der Waals surface area contributed by atoms with Crippen molar-refractivity contribution in [3.05, 3.63) is 24.0 Å². The Kier molecular flexibility index (Phi) is 3.46. The standard InChI is InChI=1S/C11H13N3O2/c1-11(2,3)16-10(15)14-8-5-4-6-13-9(8)7-12/h4-6H,1-3H3,(H,14,15). The van der Waals surface area contributed by atoms with Crippen LogP contribution >= 0.6 is 0 Å². The molecule has 0 aromatic carbocycles. The van der Waals surface area contributed by atoms with Gasteiger partial charge in [0.05, 0.1) is 5.69 Å². The summed E-state index contributed by atoms with van der Waals surface area (Å²) in [4.78, 5) is 15.2. The van der Waals surface area contributed by atoms with Crippen LogP contribution in [-0.2, 0) is 4.74 Å². The molecule has 5 nitrogen and oxygen atoms in total. The molecule has 16 heavy (non-hydrogen) atoms. The highest BCUT2D eigenvalue weighted by atomic mass is 16.6. The van der Waals surface area contributed by atoms with Crippen LogP contribution in [0, 0.1) is 11.3 Å². The molecule has 0 aliphatic heterocycles. The van der Waals surface area contributed by atoms with Gasteiger partial charge in [-0.1, -0.05) is 0 Å². The zero-order valence-corrected chi connectivity index (χ0v) is 9.44. The highest BCUT2D eigenvalue weighted by Gasteiger charge is 2.17. The van der Waals surface area contributed by atoms with E-state index in [0.717, 1.165) is 0 Å². The van der Waals surface area contributed by atoms with Gasteiger partial charge in [0.2, 0.25) is 0 Å². The van der Waals surface area contributed by atoms with Crippen LogP contribution in [0.4, 0.5) is 10.5 Å². The van der Waals surface area contributed by atoms with Crippen LogP contribution in [0.25, 0.3) is 0 Å². The molecule has 0 spiro atoms. The van der Waals surface area contributed by atoms with Crippen molar-refractivity contribution >= 4 is 11.8 Å². The second-order valence-electron chi connectivity index (χ2n) is 4.14. The van der Waals surface area contributed by atoms with E-state index < -0.39 is 11.7 Å². The fourth-order valence-corrected chi connectivity index (χ4v) is 1.01. The minimum Gasteiger partial charge on any atom is -0.444 e. The number of nitrogens with zero attached hydrogens (tertiary/aromatic N) is 2. The molecule has 0 fully saturated rings. The van der Waals surface area contributed by atoms with Gasteiger partial charge in [0.1, 0.15) is 11.7 Å². The summed E-state index contributed by atoms with van der Waals surface area (Å²) in [5, 5.41) is 11.2. The summed E-state index contributed by atoms with van der Waals surface area (Å²) in [6.45, 7) is 5.29. The van der Waals surface area contributed by atoms with Crippen molar-refractivity contribution in [1.29, 1.82) is 5.26 Å². The van der Waals surface area contributed by atoms with Crippen molar-refractivity contribution in [2.75, 3.05) is 5.32 Å². The summed E-state index contributed by atoms with van der Waals surface area (Å²) in [6, 6.07) is 5.11. The van der Waals surface area contributed by atoms with Crippen LogP contribution in [0.1, 0.15) is 26.5 Å². The molecule has 0 bridgehead atoms. The summed E-state index contributed by atoms with van der Waals surface area (Å²) in [7, 11) is 0. The van der Waals surface area contributed by atoms with Crippen LogP contribution < -0.4 is 5.32 Å². The number of nitriles is 1. The van der Waals surface area contributed by atoms with E-state index in [2.05, 4.69) is 10.3 Å². The van der Waals surface area contributed by atoms with E-state index in [1.807, 2.05) is 6.07 Å². The van der Waals surface area contributed by atoms with Crippen molar-refractivity contribution in [3.8, 4) is 6.07 Å². The molecule has 0 saturated heterocycles. The fourth-order valence-electron chi connectivity index (χ4n) is 1.01. The van der Waals surface area contributed by atoms with Gasteiger partial charge in [0.25, 0.3) is 0 Å². The van der Waals surface area contributed by atoms with Crippen molar-refractivity contribution in [2.45, 2.75) is 26.4 Å². The maximum Gasteiger partial charge on any atom is 0.412 e. The molecule has 1 N–H and O–H groups in total. The van der Waals surface area contributed by atoms with E-state index in [0.29, 0.717) is 5.69 Å². The lowest BCUT2D eigenvalue weighted by molar-refractivity contribution is 0.0636. The Morgan fingerprint density at radius 1 is 1.56 bits per heavy atom. The molecule has 0 unspecified atom stereocenters. The summed E-state index contributed by atoms with van der Waals surface area (Å²) in [5.41, 5.74) is -0.0633. The van der Waals surface area contributed by atoms with Crippen LogP contribution in [0.2, 0.25) is 0 Å². The van der Waals surface area contributed by atoms with E-state index in [1.165, 1.54) is 6.20 Å². The molecule has 1 aromatic heterocycles. The first-order valence-electron chi connectivity index (χ1n) is 4.77. The smallest absolute Gasteiger partial charge is 0.412 e. The number of carbonyl (C=O) groups is 1. The number of hydrogen-bond donors (Lipinski definition) is 1. The zero-order valence-electron chi connectivity index (χ0n) is 9.44. The number of amides is 1. The summed E-state index contributed by atoms with van der Waals surface area (Å²) >= 11 is 0. The number of ether oxygens (including phenoxy) is 1. The lowest BCUT2D eigenvalue weighted by Crippen LogP contribution is -2.27. The Bertz CT molecular complexity index is 430. The Balaban J connectivity index is 2.75. The lowest BCUT2D eigenvalue weighted by atomic mass is 10.2. The Labute approximate surface area is 94.1 Å². The second kappa shape index (κ2) is 4.62. The van der Waals surface area contributed by atoms with Gasteiger partial charge in [-0.2, -0.15) is 5.26 Å². The van der Waals surface area contributed by atoms with Gasteiger partial charge in [0, 0.05) is 6.20 Å². The first kappa shape index (κ1) is 12.0. The minimum atomic E-state index is -0.600. The number of nitrogens with one attached hydrogen (secondary N) is 1. The minimum absolute atomic E-state index is 0.161. The van der Waals surface area contributed by atoms with E-state index in [1.54, 1.807) is 32.9 Å². The third-order valence-corrected chi connectivity index (χ3v) is 1.55. The van der Waals surface area contributed by atoms with Crippen LogP contribution in [0.15, 0.2) is 18.3 Å². The molecule has 0 aliphatic carbocycles. The summed E-state index contributed by atoms with van der Waals surface area (Å²) < 4.78 is 5.05. The van der Waals surface area contributed by atoms with Crippen molar-refractivity contribution in [3.63, 3.8) is 0 Å². The lowest BCUT2D eigenvalue weighted by Gasteiger charge is -2.19. The van der Waals surface area contributed by atoms with Crippen molar-refractivity contribution < 1.29 is 9.53 Å². The van der Waals surface area contributed by atoms with Gasteiger partial charge in [-0.15, -0.1) is 0 Å². The van der Waals surface area contributed by atoms with Gasteiger partial charge >= 0.3 is 6.09 Å². The highest BCUT2D eigenvalue weighted by Crippen LogP contribution is 2.13. The molecule has 0 saturated carbocycles. The molecular weight excluding hydrogens is 206 g/mol. The predicted octanol–water partition coefficient (Wildman–Crippen LogP) is 2.30. The first-order valence-corrected chi connectivity index (χ1v) is 4.77. The number of pyridine rings is 1. The quantitative estimate of drug-likeness (QED) is 0.786. The Hall–Kier alpha value is -2.09. The molecular formula is C11H13N3O2. The molecule has 1 aromatic rings. The maximum absolute atomic E-state index is 11.4. The molecule has 1 amide bonds. The average Bonchev–Trinajstić information content (AvgIpc) is 2.15. The van der Waals surface area contributed by atoms with Gasteiger partial charge in [-0.05, 0) is 32.9 Å². The molecule has 0 aliphatic rings. The van der Waals surface area contributed by atoms with E-state index in [9.17, 15) is 4.79 Å². The fraction of sp³-hybridized carbons (Fsp3) is 0.364. The average molecular weight is 219 g/mol. The second-order valence-corrected chi connectivity index (χ2v) is 4.14. The van der Waals surface area contributed by atoms with E-state index in [-0.39, 0.29) is 5.69 Å². The molecule has 84 valence electrons.